The summed E-state index contributed by atoms with van der Waals surface area (Å²) in [6.45, 7) is 1.93. The number of nitrogens with one attached hydrogen (secondary N) is 1. The highest BCUT2D eigenvalue weighted by Gasteiger charge is 2.22. The molecule has 0 heterocycles. The van der Waals surface area contributed by atoms with E-state index in [1.807, 2.05) is 6.92 Å². The van der Waals surface area contributed by atoms with Gasteiger partial charge in [0, 0.05) is 18.5 Å². The van der Waals surface area contributed by atoms with E-state index in [1.54, 1.807) is 0 Å². The summed E-state index contributed by atoms with van der Waals surface area (Å²) in [6, 6.07) is 1.52. The number of nitrogens with two attached hydrogens (primary N) is 1. The van der Waals surface area contributed by atoms with Crippen molar-refractivity contribution >= 4 is 34.9 Å². The van der Waals surface area contributed by atoms with Crippen LogP contribution in [-0.4, -0.2) is 27.9 Å². The fourth-order valence-corrected chi connectivity index (χ4v) is 2.13. The maximum Gasteiger partial charge on any atom is 0.338 e. The predicted octanol–water partition coefficient (Wildman–Crippen LogP) is 2.40. The Morgan fingerprint density at radius 3 is 2.64 bits per heavy atom. The minimum atomic E-state index is -1.41. The van der Waals surface area contributed by atoms with Gasteiger partial charge in [0.25, 0.3) is 5.69 Å². The molecule has 0 bridgehead atoms. The van der Waals surface area contributed by atoms with E-state index in [9.17, 15) is 19.7 Å². The van der Waals surface area contributed by atoms with Crippen molar-refractivity contribution in [3.63, 3.8) is 0 Å². The summed E-state index contributed by atoms with van der Waals surface area (Å²) in [5.41, 5.74) is 4.69. The van der Waals surface area contributed by atoms with Gasteiger partial charge in [0.15, 0.2) is 0 Å². The largest absolute Gasteiger partial charge is 0.478 e. The number of nitro benzene ring substituents is 1. The van der Waals surface area contributed by atoms with Gasteiger partial charge >= 0.3 is 5.97 Å². The Balaban J connectivity index is 3.03. The topological polar surface area (TPSA) is 136 Å². The van der Waals surface area contributed by atoms with Crippen LogP contribution >= 0.6 is 11.6 Å². The van der Waals surface area contributed by atoms with Crippen molar-refractivity contribution in [1.82, 2.24) is 0 Å². The summed E-state index contributed by atoms with van der Waals surface area (Å²) in [5.74, 6) is -1.89. The van der Waals surface area contributed by atoms with Crippen molar-refractivity contribution < 1.29 is 19.6 Å². The fourth-order valence-electron chi connectivity index (χ4n) is 1.89. The quantitative estimate of drug-likeness (QED) is 0.519. The smallest absolute Gasteiger partial charge is 0.338 e. The molecule has 0 aromatic heterocycles. The van der Waals surface area contributed by atoms with Crippen LogP contribution in [0.5, 0.6) is 0 Å². The molecule has 1 unspecified atom stereocenters. The molecule has 0 saturated carbocycles. The zero-order valence-electron chi connectivity index (χ0n) is 11.8. The lowest BCUT2D eigenvalue weighted by molar-refractivity contribution is -0.384. The van der Waals surface area contributed by atoms with Gasteiger partial charge in [-0.1, -0.05) is 24.9 Å². The highest BCUT2D eigenvalue weighted by molar-refractivity contribution is 6.33. The first-order valence-corrected chi connectivity index (χ1v) is 6.90. The van der Waals surface area contributed by atoms with Crippen LogP contribution in [0.3, 0.4) is 0 Å². The fraction of sp³-hybridized carbons (Fsp3) is 0.385. The van der Waals surface area contributed by atoms with E-state index in [0.29, 0.717) is 6.42 Å². The van der Waals surface area contributed by atoms with Crippen molar-refractivity contribution in [2.24, 2.45) is 5.73 Å². The van der Waals surface area contributed by atoms with Crippen LogP contribution in [0.2, 0.25) is 5.02 Å². The van der Waals surface area contributed by atoms with Crippen molar-refractivity contribution in [2.45, 2.75) is 32.2 Å². The second kappa shape index (κ2) is 7.71. The summed E-state index contributed by atoms with van der Waals surface area (Å²) in [5, 5.41) is 22.0. The molecule has 1 aromatic carbocycles. The summed E-state index contributed by atoms with van der Waals surface area (Å²) in [4.78, 5) is 33.0. The normalized spacial score (nSPS) is 11.8. The van der Waals surface area contributed by atoms with E-state index in [0.717, 1.165) is 18.6 Å². The Bertz CT molecular complexity index is 606. The number of carboxylic acids is 1. The number of hydrogen-bond donors (Lipinski definition) is 3. The standard InChI is InChI=1S/C13H16ClN3O5/c1-2-3-7(15)4-12(18)16-10-6-9(14)11(17(21)22)5-8(10)13(19)20/h5-7H,2-4,15H2,1H3,(H,16,18)(H,19,20). The minimum absolute atomic E-state index is 0.0154. The molecule has 0 fully saturated rings. The van der Waals surface area contributed by atoms with Crippen LogP contribution in [0.15, 0.2) is 12.1 Å². The number of nitrogens with zero attached hydrogens (tertiary/aromatic N) is 1. The molecular formula is C13H16ClN3O5. The number of rotatable bonds is 7. The highest BCUT2D eigenvalue weighted by atomic mass is 35.5. The summed E-state index contributed by atoms with van der Waals surface area (Å²) < 4.78 is 0. The molecule has 0 aliphatic heterocycles. The number of amides is 1. The van der Waals surface area contributed by atoms with E-state index in [-0.39, 0.29) is 23.2 Å². The van der Waals surface area contributed by atoms with Crippen LogP contribution in [0.1, 0.15) is 36.5 Å². The van der Waals surface area contributed by atoms with E-state index in [1.165, 1.54) is 0 Å². The SMILES string of the molecule is CCCC(N)CC(=O)Nc1cc(Cl)c([N+](=O)[O-])cc1C(=O)O. The van der Waals surface area contributed by atoms with Crippen molar-refractivity contribution in [3.8, 4) is 0 Å². The average molecular weight is 330 g/mol. The monoisotopic (exact) mass is 329 g/mol. The van der Waals surface area contributed by atoms with Gasteiger partial charge in [-0.2, -0.15) is 0 Å². The van der Waals surface area contributed by atoms with Crippen LogP contribution in [0, 0.1) is 10.1 Å². The second-order valence-electron chi connectivity index (χ2n) is 4.71. The molecule has 120 valence electrons. The van der Waals surface area contributed by atoms with Crippen LogP contribution in [0.25, 0.3) is 0 Å². The Labute approximate surface area is 131 Å². The Hall–Kier alpha value is -2.19. The molecule has 1 atom stereocenters. The molecule has 22 heavy (non-hydrogen) atoms. The lowest BCUT2D eigenvalue weighted by atomic mass is 10.1. The number of hydrogen-bond acceptors (Lipinski definition) is 5. The average Bonchev–Trinajstić information content (AvgIpc) is 2.37. The van der Waals surface area contributed by atoms with Crippen molar-refractivity contribution in [2.75, 3.05) is 5.32 Å². The van der Waals surface area contributed by atoms with Gasteiger partial charge in [0.05, 0.1) is 16.2 Å². The van der Waals surface area contributed by atoms with E-state index in [2.05, 4.69) is 5.32 Å². The van der Waals surface area contributed by atoms with Crippen LogP contribution in [0.4, 0.5) is 11.4 Å². The van der Waals surface area contributed by atoms with Gasteiger partial charge in [-0.3, -0.25) is 14.9 Å². The third kappa shape index (κ3) is 4.68. The molecule has 4 N–H and O–H groups in total. The van der Waals surface area contributed by atoms with Gasteiger partial charge in [0.1, 0.15) is 5.02 Å². The zero-order valence-corrected chi connectivity index (χ0v) is 12.6. The molecule has 0 radical (unpaired) electrons. The number of anilines is 1. The number of benzene rings is 1. The lowest BCUT2D eigenvalue weighted by Crippen LogP contribution is -2.27. The number of carboxylic acid groups (broad SMARTS) is 1. The predicted molar refractivity (Wildman–Crippen MR) is 81.2 cm³/mol. The number of carbonyl (C=O) groups excluding carboxylic acids is 1. The van der Waals surface area contributed by atoms with E-state index < -0.39 is 28.1 Å². The van der Waals surface area contributed by atoms with Gasteiger partial charge in [-0.15, -0.1) is 0 Å². The van der Waals surface area contributed by atoms with Gasteiger partial charge < -0.3 is 16.2 Å². The molecule has 1 aromatic rings. The molecule has 0 spiro atoms. The number of nitro groups is 1. The van der Waals surface area contributed by atoms with Crippen LogP contribution in [-0.2, 0) is 4.79 Å². The summed E-state index contributed by atoms with van der Waals surface area (Å²) in [6.07, 6.45) is 1.49. The molecule has 9 heteroatoms. The van der Waals surface area contributed by atoms with E-state index >= 15 is 0 Å². The van der Waals surface area contributed by atoms with Crippen molar-refractivity contribution in [3.05, 3.63) is 32.8 Å². The van der Waals surface area contributed by atoms with Gasteiger partial charge in [0.2, 0.25) is 5.91 Å². The molecule has 1 amide bonds. The minimum Gasteiger partial charge on any atom is -0.478 e. The number of aromatic carboxylic acids is 1. The summed E-state index contributed by atoms with van der Waals surface area (Å²) >= 11 is 5.73. The van der Waals surface area contributed by atoms with Crippen molar-refractivity contribution in [1.29, 1.82) is 0 Å². The molecular weight excluding hydrogens is 314 g/mol. The third-order valence-electron chi connectivity index (χ3n) is 2.90. The van der Waals surface area contributed by atoms with Crippen LogP contribution < -0.4 is 11.1 Å². The van der Waals surface area contributed by atoms with Gasteiger partial charge in [-0.25, -0.2) is 4.79 Å². The van der Waals surface area contributed by atoms with Gasteiger partial charge in [-0.05, 0) is 12.5 Å². The Morgan fingerprint density at radius 1 is 1.50 bits per heavy atom. The first-order chi connectivity index (χ1) is 10.3. The second-order valence-corrected chi connectivity index (χ2v) is 5.12. The molecule has 0 saturated heterocycles. The number of halogens is 1. The molecule has 8 nitrogen and oxygen atoms in total. The Kier molecular flexibility index (Phi) is 6.26. The maximum absolute atomic E-state index is 11.8. The lowest BCUT2D eigenvalue weighted by Gasteiger charge is -2.12. The van der Waals surface area contributed by atoms with E-state index in [4.69, 9.17) is 22.4 Å². The highest BCUT2D eigenvalue weighted by Crippen LogP contribution is 2.31. The zero-order chi connectivity index (χ0) is 16.9. The number of carbonyl (C=O) groups is 2. The molecule has 1 rings (SSSR count). The Morgan fingerprint density at radius 2 is 2.14 bits per heavy atom. The molecule has 0 aliphatic carbocycles. The first-order valence-electron chi connectivity index (χ1n) is 6.52. The molecule has 0 aliphatic rings. The first kappa shape index (κ1) is 17.9. The third-order valence-corrected chi connectivity index (χ3v) is 3.20. The maximum atomic E-state index is 11.8. The summed E-state index contributed by atoms with van der Waals surface area (Å²) in [7, 11) is 0.